The number of carbonyl (C=O) groups excluding carboxylic acids is 2. The molecule has 1 aromatic heterocycles. The highest BCUT2D eigenvalue weighted by Gasteiger charge is 2.31. The number of rotatable bonds is 10. The Bertz CT molecular complexity index is 1170. The maximum Gasteiger partial charge on any atom is 0.415 e. The lowest BCUT2D eigenvalue weighted by Gasteiger charge is -2.25. The Morgan fingerprint density at radius 3 is 2.42 bits per heavy atom. The van der Waals surface area contributed by atoms with E-state index in [1.165, 1.54) is 4.90 Å². The molecule has 0 radical (unpaired) electrons. The number of ether oxygens (including phenoxy) is 1. The minimum absolute atomic E-state index is 0.134. The van der Waals surface area contributed by atoms with Crippen LogP contribution in [0.15, 0.2) is 42.7 Å². The summed E-state index contributed by atoms with van der Waals surface area (Å²) < 4.78 is 5.44. The second-order valence-corrected chi connectivity index (χ2v) is 9.32. The summed E-state index contributed by atoms with van der Waals surface area (Å²) in [5.41, 5.74) is 1.72. The van der Waals surface area contributed by atoms with E-state index in [1.807, 2.05) is 18.7 Å². The van der Waals surface area contributed by atoms with Crippen molar-refractivity contribution in [3.63, 3.8) is 0 Å². The van der Waals surface area contributed by atoms with E-state index in [2.05, 4.69) is 21.9 Å². The van der Waals surface area contributed by atoms with E-state index in [0.717, 1.165) is 18.4 Å². The minimum Gasteiger partial charge on any atom is -0.480 e. The molecule has 11 nitrogen and oxygen atoms in total. The van der Waals surface area contributed by atoms with Gasteiger partial charge in [-0.15, -0.1) is 0 Å². The van der Waals surface area contributed by atoms with Gasteiger partial charge in [0.05, 0.1) is 6.20 Å². The molecule has 2 aliphatic rings. The highest BCUT2D eigenvalue weighted by Crippen LogP contribution is 2.34. The molecule has 1 atom stereocenters. The second-order valence-electron chi connectivity index (χ2n) is 9.32. The molecular formula is C27H34N6O5. The first-order valence-corrected chi connectivity index (χ1v) is 13.0. The van der Waals surface area contributed by atoms with Crippen molar-refractivity contribution in [2.75, 3.05) is 41.3 Å². The highest BCUT2D eigenvalue weighted by molar-refractivity contribution is 6.01. The van der Waals surface area contributed by atoms with E-state index in [9.17, 15) is 19.5 Å². The Morgan fingerprint density at radius 1 is 1.16 bits per heavy atom. The van der Waals surface area contributed by atoms with E-state index >= 15 is 0 Å². The van der Waals surface area contributed by atoms with Crippen LogP contribution in [0.5, 0.6) is 5.75 Å². The van der Waals surface area contributed by atoms with Gasteiger partial charge in [0.15, 0.2) is 5.82 Å². The predicted molar refractivity (Wildman–Crippen MR) is 143 cm³/mol. The van der Waals surface area contributed by atoms with Crippen molar-refractivity contribution < 1.29 is 24.2 Å². The van der Waals surface area contributed by atoms with Crippen molar-refractivity contribution in [3.05, 3.63) is 48.3 Å². The number of hydrogen-bond acceptors (Lipinski definition) is 8. The summed E-state index contributed by atoms with van der Waals surface area (Å²) in [5, 5.41) is 13.1. The molecule has 2 aliphatic heterocycles. The molecule has 1 aromatic carbocycles. The molecule has 2 aromatic rings. The summed E-state index contributed by atoms with van der Waals surface area (Å²) in [4.78, 5) is 51.2. The summed E-state index contributed by atoms with van der Waals surface area (Å²) in [6, 6.07) is 5.74. The average Bonchev–Trinajstić information content (AvgIpc) is 3.56. The monoisotopic (exact) mass is 522 g/mol. The SMILES string of the molecule is C=C1CCC(=O)N1c1cnc(N(CC)CC)nc1N[C@@H](Cc1ccc(OC(=O)N2CCCC2)cc1)C(=O)O. The third kappa shape index (κ3) is 6.04. The van der Waals surface area contributed by atoms with Gasteiger partial charge in [0.1, 0.15) is 17.5 Å². The maximum absolute atomic E-state index is 12.6. The van der Waals surface area contributed by atoms with Crippen LogP contribution in [0.2, 0.25) is 0 Å². The van der Waals surface area contributed by atoms with Crippen LogP contribution < -0.4 is 19.9 Å². The number of allylic oxidation sites excluding steroid dienone is 1. The van der Waals surface area contributed by atoms with Gasteiger partial charge in [-0.3, -0.25) is 9.69 Å². The standard InChI is InChI=1S/C27H34N6O5/c1-4-31(5-2)26-28-17-22(33-18(3)8-13-23(33)34)24(30-26)29-21(25(35)36)16-19-9-11-20(12-10-19)38-27(37)32-14-6-7-15-32/h9-12,17,21H,3-8,13-16H2,1-2H3,(H,35,36)(H,28,29,30)/t21-/m0/s1. The number of carboxylic acids is 1. The van der Waals surface area contributed by atoms with Crippen molar-refractivity contribution in [2.24, 2.45) is 0 Å². The van der Waals surface area contributed by atoms with Crippen LogP contribution in [0.25, 0.3) is 0 Å². The fraction of sp³-hybridized carbons (Fsp3) is 0.444. The first-order chi connectivity index (χ1) is 18.3. The summed E-state index contributed by atoms with van der Waals surface area (Å²) in [5.74, 6) is -0.120. The Balaban J connectivity index is 1.54. The molecular weight excluding hydrogens is 488 g/mol. The largest absolute Gasteiger partial charge is 0.480 e. The number of nitrogens with zero attached hydrogens (tertiary/aromatic N) is 5. The fourth-order valence-electron chi connectivity index (χ4n) is 4.61. The number of anilines is 3. The molecule has 3 heterocycles. The molecule has 0 spiro atoms. The van der Waals surface area contributed by atoms with Crippen LogP contribution in [0.4, 0.5) is 22.2 Å². The molecule has 2 amide bonds. The van der Waals surface area contributed by atoms with E-state index in [0.29, 0.717) is 62.1 Å². The first kappa shape index (κ1) is 26.9. The zero-order valence-electron chi connectivity index (χ0n) is 21.9. The second kappa shape index (κ2) is 11.9. The zero-order chi connectivity index (χ0) is 27.2. The van der Waals surface area contributed by atoms with Crippen molar-refractivity contribution >= 4 is 35.4 Å². The van der Waals surface area contributed by atoms with Crippen LogP contribution in [0, 0.1) is 0 Å². The van der Waals surface area contributed by atoms with E-state index < -0.39 is 12.0 Å². The van der Waals surface area contributed by atoms with Crippen LogP contribution in [-0.2, 0) is 16.0 Å². The van der Waals surface area contributed by atoms with Gasteiger partial charge in [-0.2, -0.15) is 4.98 Å². The Kier molecular flexibility index (Phi) is 8.45. The van der Waals surface area contributed by atoms with E-state index in [1.54, 1.807) is 35.4 Å². The molecule has 0 bridgehead atoms. The number of amides is 2. The van der Waals surface area contributed by atoms with Gasteiger partial charge in [-0.25, -0.2) is 14.6 Å². The molecule has 11 heteroatoms. The Morgan fingerprint density at radius 2 is 1.84 bits per heavy atom. The smallest absolute Gasteiger partial charge is 0.415 e. The predicted octanol–water partition coefficient (Wildman–Crippen LogP) is 3.67. The zero-order valence-corrected chi connectivity index (χ0v) is 21.9. The molecule has 2 N–H and O–H groups in total. The van der Waals surface area contributed by atoms with Crippen LogP contribution in [0.3, 0.4) is 0 Å². The van der Waals surface area contributed by atoms with Crippen LogP contribution in [0.1, 0.15) is 45.1 Å². The average molecular weight is 523 g/mol. The normalized spacial score (nSPS) is 16.1. The number of aliphatic carboxylic acids is 1. The van der Waals surface area contributed by atoms with Gasteiger partial charge in [0, 0.05) is 44.7 Å². The van der Waals surface area contributed by atoms with Crippen LogP contribution in [-0.4, -0.2) is 70.2 Å². The third-order valence-corrected chi connectivity index (χ3v) is 6.78. The van der Waals surface area contributed by atoms with Crippen LogP contribution >= 0.6 is 0 Å². The van der Waals surface area contributed by atoms with Crippen molar-refractivity contribution in [3.8, 4) is 5.75 Å². The number of carboxylic acid groups (broad SMARTS) is 1. The maximum atomic E-state index is 12.6. The lowest BCUT2D eigenvalue weighted by Crippen LogP contribution is -2.34. The van der Waals surface area contributed by atoms with Crippen molar-refractivity contribution in [2.45, 2.75) is 52.0 Å². The van der Waals surface area contributed by atoms with Gasteiger partial charge in [0.2, 0.25) is 11.9 Å². The fourth-order valence-corrected chi connectivity index (χ4v) is 4.61. The number of aromatic nitrogens is 2. The van der Waals surface area contributed by atoms with E-state index in [4.69, 9.17) is 4.74 Å². The van der Waals surface area contributed by atoms with Gasteiger partial charge in [-0.1, -0.05) is 18.7 Å². The Labute approximate surface area is 222 Å². The van der Waals surface area contributed by atoms with Crippen molar-refractivity contribution in [1.82, 2.24) is 14.9 Å². The minimum atomic E-state index is -1.07. The number of hydrogen-bond donors (Lipinski definition) is 2. The highest BCUT2D eigenvalue weighted by atomic mass is 16.6. The van der Waals surface area contributed by atoms with Gasteiger partial charge >= 0.3 is 12.1 Å². The lowest BCUT2D eigenvalue weighted by atomic mass is 10.1. The number of benzene rings is 1. The summed E-state index contributed by atoms with van der Waals surface area (Å²) in [6.07, 6.45) is 4.09. The molecule has 38 heavy (non-hydrogen) atoms. The van der Waals surface area contributed by atoms with Gasteiger partial charge in [0.25, 0.3) is 0 Å². The molecule has 0 saturated carbocycles. The molecule has 2 saturated heterocycles. The number of likely N-dealkylation sites (tertiary alicyclic amines) is 1. The van der Waals surface area contributed by atoms with Gasteiger partial charge in [-0.05, 0) is 50.8 Å². The van der Waals surface area contributed by atoms with Crippen molar-refractivity contribution in [1.29, 1.82) is 0 Å². The quantitative estimate of drug-likeness (QED) is 0.480. The van der Waals surface area contributed by atoms with Gasteiger partial charge < -0.3 is 25.0 Å². The first-order valence-electron chi connectivity index (χ1n) is 13.0. The summed E-state index contributed by atoms with van der Waals surface area (Å²) >= 11 is 0. The van der Waals surface area contributed by atoms with E-state index in [-0.39, 0.29) is 24.2 Å². The Hall–Kier alpha value is -4.15. The molecule has 0 aliphatic carbocycles. The molecule has 2 fully saturated rings. The summed E-state index contributed by atoms with van der Waals surface area (Å²) in [7, 11) is 0. The molecule has 202 valence electrons. The third-order valence-electron chi connectivity index (χ3n) is 6.78. The molecule has 0 unspecified atom stereocenters. The summed E-state index contributed by atoms with van der Waals surface area (Å²) in [6.45, 7) is 10.7. The lowest BCUT2D eigenvalue weighted by molar-refractivity contribution is -0.137. The topological polar surface area (TPSA) is 128 Å². The molecule has 4 rings (SSSR count). The number of carbonyl (C=O) groups is 3. The number of nitrogens with one attached hydrogen (secondary N) is 1.